The Bertz CT molecular complexity index is 2750. The van der Waals surface area contributed by atoms with Gasteiger partial charge in [-0.3, -0.25) is 4.57 Å². The number of ether oxygens (including phenoxy) is 1. The number of pyridine rings is 1. The van der Waals surface area contributed by atoms with Gasteiger partial charge in [0, 0.05) is 23.1 Å². The maximum absolute atomic E-state index is 14.5. The monoisotopic (exact) mass is 798 g/mol. The molecule has 8 rings (SSSR count). The van der Waals surface area contributed by atoms with E-state index in [9.17, 15) is 26.3 Å². The zero-order valence-corrected chi connectivity index (χ0v) is 30.7. The van der Waals surface area contributed by atoms with Crippen LogP contribution in [0.4, 0.5) is 61.0 Å². The minimum atomic E-state index is -4.39. The van der Waals surface area contributed by atoms with Crippen LogP contribution >= 0.6 is 0 Å². The second kappa shape index (κ2) is 15.6. The molecule has 0 atom stereocenters. The molecule has 5 aromatic heterocycles. The molecule has 0 aliphatic heterocycles. The summed E-state index contributed by atoms with van der Waals surface area (Å²) in [5, 5.41) is 10.2. The fourth-order valence-corrected chi connectivity index (χ4v) is 5.93. The van der Waals surface area contributed by atoms with Gasteiger partial charge in [-0.15, -0.1) is 0 Å². The van der Waals surface area contributed by atoms with Gasteiger partial charge in [0.05, 0.1) is 33.4 Å². The fourth-order valence-electron chi connectivity index (χ4n) is 5.93. The third kappa shape index (κ3) is 8.08. The number of alkyl halides is 5. The van der Waals surface area contributed by atoms with E-state index in [1.54, 1.807) is 29.1 Å². The van der Waals surface area contributed by atoms with Crippen LogP contribution in [-0.2, 0) is 6.18 Å². The quantitative estimate of drug-likeness (QED) is 0.108. The number of halogens is 6. The normalized spacial score (nSPS) is 11.5. The highest BCUT2D eigenvalue weighted by Gasteiger charge is 2.30. The van der Waals surface area contributed by atoms with E-state index in [1.807, 2.05) is 49.4 Å². The van der Waals surface area contributed by atoms with Gasteiger partial charge in [-0.1, -0.05) is 18.2 Å². The first-order valence-corrected chi connectivity index (χ1v) is 17.3. The lowest BCUT2D eigenvalue weighted by molar-refractivity contribution is -0.137. The summed E-state index contributed by atoms with van der Waals surface area (Å²) < 4.78 is 85.1. The number of para-hydroxylation sites is 2. The van der Waals surface area contributed by atoms with E-state index in [4.69, 9.17) is 11.5 Å². The Morgan fingerprint density at radius 2 is 1.34 bits per heavy atom. The first-order valence-electron chi connectivity index (χ1n) is 17.3. The topological polar surface area (TPSA) is 172 Å². The van der Waals surface area contributed by atoms with Crippen LogP contribution in [-0.4, -0.2) is 45.7 Å². The van der Waals surface area contributed by atoms with Crippen molar-refractivity contribution in [2.75, 3.05) is 22.1 Å². The summed E-state index contributed by atoms with van der Waals surface area (Å²) in [5.74, 6) is 0.582. The number of nitrogens with one attached hydrogen (secondary N) is 2. The predicted molar refractivity (Wildman–Crippen MR) is 207 cm³/mol. The number of hydrogen-bond donors (Lipinski definition) is 4. The highest BCUT2D eigenvalue weighted by Crippen LogP contribution is 2.33. The molecular weight excluding hydrogens is 766 g/mol. The number of nitrogen functional groups attached to an aromatic ring is 2. The Morgan fingerprint density at radius 1 is 0.707 bits per heavy atom. The molecule has 19 heteroatoms. The number of aryl methyl sites for hydroxylation is 2. The maximum atomic E-state index is 14.5. The van der Waals surface area contributed by atoms with Crippen molar-refractivity contribution in [2.24, 2.45) is 0 Å². The Labute approximate surface area is 325 Å². The Kier molecular flexibility index (Phi) is 10.4. The molecule has 5 heterocycles. The molecule has 0 saturated heterocycles. The van der Waals surface area contributed by atoms with Gasteiger partial charge < -0.3 is 26.8 Å². The van der Waals surface area contributed by atoms with Crippen molar-refractivity contribution in [3.63, 3.8) is 0 Å². The summed E-state index contributed by atoms with van der Waals surface area (Å²) in [5.41, 5.74) is 16.2. The number of aromatic nitrogens is 8. The van der Waals surface area contributed by atoms with Crippen molar-refractivity contribution in [3.8, 4) is 23.1 Å². The van der Waals surface area contributed by atoms with Gasteiger partial charge in [0.25, 0.3) is 0 Å². The van der Waals surface area contributed by atoms with Crippen molar-refractivity contribution in [1.29, 1.82) is 0 Å². The van der Waals surface area contributed by atoms with Crippen LogP contribution < -0.4 is 26.8 Å². The van der Waals surface area contributed by atoms with Crippen molar-refractivity contribution in [3.05, 3.63) is 126 Å². The van der Waals surface area contributed by atoms with E-state index in [1.165, 1.54) is 36.4 Å². The molecule has 0 spiro atoms. The molecular formula is C39H32F6N12O. The fraction of sp³-hybridized carbons (Fsp3) is 0.128. The average molecular weight is 799 g/mol. The molecule has 0 bridgehead atoms. The van der Waals surface area contributed by atoms with Crippen LogP contribution in [0.5, 0.6) is 5.75 Å². The molecule has 3 aromatic carbocycles. The van der Waals surface area contributed by atoms with E-state index < -0.39 is 24.2 Å². The van der Waals surface area contributed by atoms with Crippen molar-refractivity contribution in [1.82, 2.24) is 39.1 Å². The number of rotatable bonds is 8. The average Bonchev–Trinajstić information content (AvgIpc) is 3.70. The molecule has 0 saturated carbocycles. The van der Waals surface area contributed by atoms with Crippen molar-refractivity contribution >= 4 is 51.2 Å². The van der Waals surface area contributed by atoms with E-state index in [2.05, 4.69) is 45.4 Å². The van der Waals surface area contributed by atoms with Crippen LogP contribution in [0.3, 0.4) is 0 Å². The standard InChI is InChI=1S/C20H17F3N6.C19H15F3N6O/c1-11-17(24)27-19(29-12(2)25-15-5-3-4-6-16(15)29)28-18(11)26-14-9-7-13(8-10-14)20(21,22)23;1-10-14(13-4-2-3-9-28(13)27-10)17-25-16(23)15(20)18(26-17)24-11-5-7-12(8-6-11)29-19(21)22/h3-10H,1-2H3,(H3,24,26,27,28);2-9,19H,1H3,(H3,23,24,25,26). The second-order valence-electron chi connectivity index (χ2n) is 12.7. The van der Waals surface area contributed by atoms with Gasteiger partial charge in [-0.05, 0) is 93.6 Å². The van der Waals surface area contributed by atoms with Crippen LogP contribution in [0.1, 0.15) is 22.6 Å². The molecule has 0 unspecified atom stereocenters. The number of hydrogen-bond acceptors (Lipinski definition) is 11. The van der Waals surface area contributed by atoms with E-state index in [0.29, 0.717) is 45.8 Å². The lowest BCUT2D eigenvalue weighted by atomic mass is 10.2. The van der Waals surface area contributed by atoms with Crippen LogP contribution in [0.15, 0.2) is 97.2 Å². The smallest absolute Gasteiger partial charge is 0.416 e. The zero-order chi connectivity index (χ0) is 41.3. The minimum Gasteiger partial charge on any atom is -0.435 e. The highest BCUT2D eigenvalue weighted by atomic mass is 19.4. The third-order valence-corrected chi connectivity index (χ3v) is 8.73. The summed E-state index contributed by atoms with van der Waals surface area (Å²) in [7, 11) is 0. The molecule has 0 fully saturated rings. The van der Waals surface area contributed by atoms with Crippen LogP contribution in [0.2, 0.25) is 0 Å². The van der Waals surface area contributed by atoms with E-state index >= 15 is 0 Å². The third-order valence-electron chi connectivity index (χ3n) is 8.73. The van der Waals surface area contributed by atoms with Gasteiger partial charge in [0.2, 0.25) is 11.8 Å². The van der Waals surface area contributed by atoms with E-state index in [-0.39, 0.29) is 29.0 Å². The second-order valence-corrected chi connectivity index (χ2v) is 12.7. The van der Waals surface area contributed by atoms with Gasteiger partial charge in [0.15, 0.2) is 17.5 Å². The molecule has 13 nitrogen and oxygen atoms in total. The first kappa shape index (κ1) is 38.8. The molecule has 0 amide bonds. The summed E-state index contributed by atoms with van der Waals surface area (Å²) >= 11 is 0. The summed E-state index contributed by atoms with van der Waals surface area (Å²) in [6, 6.07) is 23.4. The first-order chi connectivity index (χ1) is 27.7. The molecule has 58 heavy (non-hydrogen) atoms. The number of fused-ring (bicyclic) bond motifs is 2. The minimum absolute atomic E-state index is 0.0177. The maximum Gasteiger partial charge on any atom is 0.416 e. The molecule has 0 aliphatic carbocycles. The largest absolute Gasteiger partial charge is 0.435 e. The van der Waals surface area contributed by atoms with Crippen LogP contribution in [0, 0.1) is 26.6 Å². The Balaban J connectivity index is 0.000000177. The number of anilines is 6. The van der Waals surface area contributed by atoms with Gasteiger partial charge in [0.1, 0.15) is 23.2 Å². The number of nitrogens with zero attached hydrogens (tertiary/aromatic N) is 8. The molecule has 296 valence electrons. The number of benzene rings is 3. The van der Waals surface area contributed by atoms with Crippen molar-refractivity contribution in [2.45, 2.75) is 33.6 Å². The highest BCUT2D eigenvalue weighted by molar-refractivity contribution is 5.80. The number of nitrogens with two attached hydrogens (primary N) is 2. The SMILES string of the molecule is Cc1c(N)nc(-n2c(C)nc3ccccc32)nc1Nc1ccc(C(F)(F)F)cc1.Cc1nn2ccccc2c1-c1nc(N)c(F)c(Nc2ccc(OC(F)F)cc2)n1. The summed E-state index contributed by atoms with van der Waals surface area (Å²) in [6.07, 6.45) is -2.61. The molecule has 6 N–H and O–H groups in total. The lowest BCUT2D eigenvalue weighted by Crippen LogP contribution is -2.10. The lowest BCUT2D eigenvalue weighted by Gasteiger charge is -2.14. The summed E-state index contributed by atoms with van der Waals surface area (Å²) in [4.78, 5) is 21.8. The van der Waals surface area contributed by atoms with Crippen molar-refractivity contribution < 1.29 is 31.1 Å². The Hall–Kier alpha value is -7.44. The molecule has 0 radical (unpaired) electrons. The van der Waals surface area contributed by atoms with Gasteiger partial charge in [-0.2, -0.15) is 41.4 Å². The summed E-state index contributed by atoms with van der Waals surface area (Å²) in [6.45, 7) is 2.44. The number of imidazole rings is 1. The Morgan fingerprint density at radius 3 is 2.03 bits per heavy atom. The van der Waals surface area contributed by atoms with Gasteiger partial charge in [-0.25, -0.2) is 19.5 Å². The zero-order valence-electron chi connectivity index (χ0n) is 30.7. The van der Waals surface area contributed by atoms with Crippen LogP contribution in [0.25, 0.3) is 33.9 Å². The predicted octanol–water partition coefficient (Wildman–Crippen LogP) is 8.94. The van der Waals surface area contributed by atoms with Gasteiger partial charge >= 0.3 is 12.8 Å². The molecule has 8 aromatic rings. The van der Waals surface area contributed by atoms with E-state index in [0.717, 1.165) is 28.7 Å². The molecule has 0 aliphatic rings.